The van der Waals surface area contributed by atoms with Crippen LogP contribution in [0.3, 0.4) is 0 Å². The van der Waals surface area contributed by atoms with Gasteiger partial charge in [-0.2, -0.15) is 5.10 Å². The number of carbonyl (C=O) groups excluding carboxylic acids is 2. The van der Waals surface area contributed by atoms with Crippen LogP contribution in [0.4, 0.5) is 0 Å². The van der Waals surface area contributed by atoms with Crippen LogP contribution in [0.2, 0.25) is 5.02 Å². The molecule has 1 aliphatic heterocycles. The summed E-state index contributed by atoms with van der Waals surface area (Å²) in [5, 5.41) is 5.45. The average molecular weight is 651 g/mol. The van der Waals surface area contributed by atoms with Crippen LogP contribution < -0.4 is 19.6 Å². The number of allylic oxidation sites excluding steroid dienone is 1. The fourth-order valence-electron chi connectivity index (χ4n) is 5.17. The van der Waals surface area contributed by atoms with Gasteiger partial charge >= 0.3 is 11.9 Å². The summed E-state index contributed by atoms with van der Waals surface area (Å²) in [5.41, 5.74) is 3.97. The van der Waals surface area contributed by atoms with E-state index in [0.29, 0.717) is 42.6 Å². The molecule has 0 fully saturated rings. The summed E-state index contributed by atoms with van der Waals surface area (Å²) in [6.07, 6.45) is 5.13. The number of thiazole rings is 1. The predicted octanol–water partition coefficient (Wildman–Crippen LogP) is 5.40. The maximum atomic E-state index is 14.2. The first-order valence-corrected chi connectivity index (χ1v) is 15.4. The van der Waals surface area contributed by atoms with Crippen LogP contribution in [-0.4, -0.2) is 32.9 Å². The Bertz CT molecular complexity index is 2180. The Labute approximate surface area is 272 Å². The van der Waals surface area contributed by atoms with E-state index in [1.54, 1.807) is 54.1 Å². The molecule has 5 aromatic rings. The van der Waals surface area contributed by atoms with E-state index in [-0.39, 0.29) is 17.7 Å². The first kappa shape index (κ1) is 30.7. The monoisotopic (exact) mass is 650 g/mol. The van der Waals surface area contributed by atoms with Crippen molar-refractivity contribution >= 4 is 41.0 Å². The molecular weight excluding hydrogens is 624 g/mol. The number of aromatic nitrogens is 3. The van der Waals surface area contributed by atoms with Crippen molar-refractivity contribution in [1.29, 1.82) is 0 Å². The van der Waals surface area contributed by atoms with Crippen molar-refractivity contribution in [1.82, 2.24) is 14.3 Å². The lowest BCUT2D eigenvalue weighted by molar-refractivity contribution is -0.138. The molecule has 0 amide bonds. The fourth-order valence-corrected chi connectivity index (χ4v) is 6.34. The van der Waals surface area contributed by atoms with Crippen LogP contribution in [0.25, 0.3) is 23.0 Å². The van der Waals surface area contributed by atoms with E-state index in [2.05, 4.69) is 11.6 Å². The van der Waals surface area contributed by atoms with Crippen LogP contribution in [-0.2, 0) is 14.3 Å². The topological polar surface area (TPSA) is 105 Å². The molecule has 0 saturated carbocycles. The zero-order chi connectivity index (χ0) is 32.4. The van der Waals surface area contributed by atoms with Gasteiger partial charge in [0, 0.05) is 29.3 Å². The van der Waals surface area contributed by atoms with Crippen molar-refractivity contribution in [3.05, 3.63) is 145 Å². The van der Waals surface area contributed by atoms with Crippen molar-refractivity contribution in [2.75, 3.05) is 6.61 Å². The summed E-state index contributed by atoms with van der Waals surface area (Å²) in [7, 11) is 0. The minimum absolute atomic E-state index is 0.00295. The summed E-state index contributed by atoms with van der Waals surface area (Å²) >= 11 is 7.38. The fraction of sp³-hybridized carbons (Fsp3) is 0.114. The van der Waals surface area contributed by atoms with Gasteiger partial charge in [-0.15, -0.1) is 0 Å². The summed E-state index contributed by atoms with van der Waals surface area (Å²) in [5.74, 6) is -0.734. The van der Waals surface area contributed by atoms with E-state index < -0.39 is 18.0 Å². The van der Waals surface area contributed by atoms with E-state index in [0.717, 1.165) is 11.3 Å². The summed E-state index contributed by atoms with van der Waals surface area (Å²) in [6, 6.07) is 22.8. The maximum Gasteiger partial charge on any atom is 0.338 e. The number of fused-ring (bicyclic) bond motifs is 1. The van der Waals surface area contributed by atoms with E-state index >= 15 is 0 Å². The zero-order valence-corrected chi connectivity index (χ0v) is 26.4. The normalized spacial score (nSPS) is 14.4. The molecule has 46 heavy (non-hydrogen) atoms. The lowest BCUT2D eigenvalue weighted by Crippen LogP contribution is -2.39. The third-order valence-electron chi connectivity index (χ3n) is 7.20. The van der Waals surface area contributed by atoms with Gasteiger partial charge in [0.15, 0.2) is 4.80 Å². The van der Waals surface area contributed by atoms with Gasteiger partial charge in [-0.25, -0.2) is 14.5 Å². The Balaban J connectivity index is 1.53. The molecule has 1 aliphatic rings. The van der Waals surface area contributed by atoms with Gasteiger partial charge in [-0.05, 0) is 55.0 Å². The molecule has 0 aliphatic carbocycles. The Morgan fingerprint density at radius 1 is 1.04 bits per heavy atom. The molecule has 9 nitrogen and oxygen atoms in total. The standard InChI is InChI=1S/C35H27ClN4O5S/c1-4-18-44-34(43)30-21(2)37-35-40(32(30)24-12-16-28(17-13-24)45-22(3)41)33(42)29(46-35)19-25-20-39(27-8-6-5-7-9-27)38-31(25)23-10-14-26(36)15-11-23/h4-17,19-20,32H,1,18H2,2-3H3/b29-19+. The predicted molar refractivity (Wildman–Crippen MR) is 177 cm³/mol. The summed E-state index contributed by atoms with van der Waals surface area (Å²) in [4.78, 5) is 44.2. The molecule has 230 valence electrons. The van der Waals surface area contributed by atoms with Crippen molar-refractivity contribution in [3.8, 4) is 22.7 Å². The Morgan fingerprint density at radius 3 is 2.43 bits per heavy atom. The van der Waals surface area contributed by atoms with Gasteiger partial charge < -0.3 is 9.47 Å². The number of halogens is 1. The van der Waals surface area contributed by atoms with E-state index in [1.165, 1.54) is 28.9 Å². The number of hydrogen-bond acceptors (Lipinski definition) is 8. The second-order valence-corrected chi connectivity index (χ2v) is 11.8. The SMILES string of the molecule is C=CCOC(=O)C1=C(C)N=c2s/c(=C/c3cn(-c4ccccc4)nc3-c3ccc(Cl)cc3)c(=O)n2C1c1ccc(OC(C)=O)cc1. The minimum Gasteiger partial charge on any atom is -0.458 e. The first-order valence-electron chi connectivity index (χ1n) is 14.2. The number of hydrogen-bond donors (Lipinski definition) is 0. The molecule has 11 heteroatoms. The van der Waals surface area contributed by atoms with Crippen molar-refractivity contribution in [3.63, 3.8) is 0 Å². The molecular formula is C35H27ClN4O5S. The summed E-state index contributed by atoms with van der Waals surface area (Å²) in [6.45, 7) is 6.65. The average Bonchev–Trinajstić information content (AvgIpc) is 3.60. The Kier molecular flexibility index (Phi) is 8.65. The van der Waals surface area contributed by atoms with Gasteiger partial charge in [0.25, 0.3) is 5.56 Å². The molecule has 0 N–H and O–H groups in total. The van der Waals surface area contributed by atoms with Crippen molar-refractivity contribution in [2.45, 2.75) is 19.9 Å². The maximum absolute atomic E-state index is 14.2. The number of nitrogens with zero attached hydrogens (tertiary/aromatic N) is 4. The smallest absolute Gasteiger partial charge is 0.338 e. The van der Waals surface area contributed by atoms with Gasteiger partial charge in [0.1, 0.15) is 18.1 Å². The molecule has 0 radical (unpaired) electrons. The second-order valence-electron chi connectivity index (χ2n) is 10.4. The first-order chi connectivity index (χ1) is 22.2. The van der Waals surface area contributed by atoms with Crippen molar-refractivity contribution in [2.24, 2.45) is 4.99 Å². The molecule has 1 unspecified atom stereocenters. The molecule has 6 rings (SSSR count). The lowest BCUT2D eigenvalue weighted by atomic mass is 9.96. The van der Waals surface area contributed by atoms with Gasteiger partial charge in [-0.3, -0.25) is 14.2 Å². The third-order valence-corrected chi connectivity index (χ3v) is 8.43. The molecule has 0 spiro atoms. The highest BCUT2D eigenvalue weighted by molar-refractivity contribution is 7.07. The number of para-hydroxylation sites is 1. The van der Waals surface area contributed by atoms with Gasteiger partial charge in [0.2, 0.25) is 0 Å². The molecule has 3 aromatic carbocycles. The quantitative estimate of drug-likeness (QED) is 0.127. The van der Waals surface area contributed by atoms with Crippen LogP contribution in [0.1, 0.15) is 31.0 Å². The molecule has 1 atom stereocenters. The minimum atomic E-state index is -0.843. The highest BCUT2D eigenvalue weighted by Crippen LogP contribution is 2.32. The number of esters is 2. The highest BCUT2D eigenvalue weighted by Gasteiger charge is 2.33. The number of carbonyl (C=O) groups is 2. The largest absolute Gasteiger partial charge is 0.458 e. The van der Waals surface area contributed by atoms with E-state index in [4.69, 9.17) is 26.2 Å². The lowest BCUT2D eigenvalue weighted by Gasteiger charge is -2.24. The molecule has 0 bridgehead atoms. The Hall–Kier alpha value is -5.32. The number of benzene rings is 3. The molecule has 2 aromatic heterocycles. The molecule has 3 heterocycles. The number of ether oxygens (including phenoxy) is 2. The van der Waals surface area contributed by atoms with Crippen LogP contribution >= 0.6 is 22.9 Å². The highest BCUT2D eigenvalue weighted by atomic mass is 35.5. The van der Waals surface area contributed by atoms with E-state index in [9.17, 15) is 14.4 Å². The number of rotatable bonds is 8. The second kappa shape index (κ2) is 13.0. The Morgan fingerprint density at radius 2 is 1.76 bits per heavy atom. The van der Waals surface area contributed by atoms with Crippen LogP contribution in [0, 0.1) is 0 Å². The summed E-state index contributed by atoms with van der Waals surface area (Å²) < 4.78 is 14.3. The zero-order valence-electron chi connectivity index (χ0n) is 24.8. The third kappa shape index (κ3) is 6.13. The molecule has 0 saturated heterocycles. The van der Waals surface area contributed by atoms with Crippen LogP contribution in [0.15, 0.2) is 119 Å². The van der Waals surface area contributed by atoms with Crippen molar-refractivity contribution < 1.29 is 19.1 Å². The van der Waals surface area contributed by atoms with Gasteiger partial charge in [0.05, 0.1) is 27.5 Å². The van der Waals surface area contributed by atoms with Crippen LogP contribution in [0.5, 0.6) is 5.75 Å². The van der Waals surface area contributed by atoms with E-state index in [1.807, 2.05) is 48.7 Å². The van der Waals surface area contributed by atoms with Gasteiger partial charge in [-0.1, -0.05) is 78.1 Å².